The fourth-order valence-corrected chi connectivity index (χ4v) is 2.84. The normalized spacial score (nSPS) is 12.2. The molecule has 0 bridgehead atoms. The van der Waals surface area contributed by atoms with E-state index in [2.05, 4.69) is 30.2 Å². The summed E-state index contributed by atoms with van der Waals surface area (Å²) in [7, 11) is 1.87. The molecule has 6 heteroatoms. The average Bonchev–Trinajstić information content (AvgIpc) is 2.97. The molecule has 0 saturated heterocycles. The van der Waals surface area contributed by atoms with Gasteiger partial charge in [-0.25, -0.2) is 0 Å². The summed E-state index contributed by atoms with van der Waals surface area (Å²) in [5.74, 6) is 0.872. The highest BCUT2D eigenvalue weighted by molar-refractivity contribution is 5.95. The summed E-state index contributed by atoms with van der Waals surface area (Å²) in [4.78, 5) is 14.6. The van der Waals surface area contributed by atoms with Crippen LogP contribution in [-0.2, 0) is 20.1 Å². The minimum absolute atomic E-state index is 0.0173. The third kappa shape index (κ3) is 6.19. The lowest BCUT2D eigenvalue weighted by atomic mass is 10.0. The van der Waals surface area contributed by atoms with Gasteiger partial charge in [-0.2, -0.15) is 5.10 Å². The maximum atomic E-state index is 12.9. The van der Waals surface area contributed by atoms with Crippen molar-refractivity contribution in [2.75, 3.05) is 11.9 Å². The molecule has 0 spiro atoms. The zero-order chi connectivity index (χ0) is 22.0. The maximum Gasteiger partial charge on any atom is 0.254 e. The Bertz CT molecular complexity index is 860. The van der Waals surface area contributed by atoms with Gasteiger partial charge in [-0.3, -0.25) is 9.48 Å². The van der Waals surface area contributed by atoms with Crippen LogP contribution in [0.15, 0.2) is 62.0 Å². The van der Waals surface area contributed by atoms with E-state index in [1.807, 2.05) is 46.0 Å². The first-order chi connectivity index (χ1) is 13.9. The van der Waals surface area contributed by atoms with Crippen molar-refractivity contribution in [1.29, 1.82) is 0 Å². The first-order valence-corrected chi connectivity index (χ1v) is 9.69. The van der Waals surface area contributed by atoms with Crippen LogP contribution < -0.4 is 11.1 Å². The molecular formula is C23H33N5O. The van der Waals surface area contributed by atoms with Crippen LogP contribution in [0, 0.1) is 6.92 Å². The number of nitrogens with two attached hydrogens (primary N) is 1. The van der Waals surface area contributed by atoms with E-state index in [4.69, 9.17) is 5.73 Å². The van der Waals surface area contributed by atoms with Crippen LogP contribution in [0.4, 0.5) is 5.82 Å². The summed E-state index contributed by atoms with van der Waals surface area (Å²) in [6.07, 6.45) is 5.06. The quantitative estimate of drug-likeness (QED) is 0.766. The highest BCUT2D eigenvalue weighted by atomic mass is 16.2. The molecule has 1 aliphatic heterocycles. The zero-order valence-corrected chi connectivity index (χ0v) is 18.0. The van der Waals surface area contributed by atoms with E-state index in [1.165, 1.54) is 0 Å². The van der Waals surface area contributed by atoms with E-state index < -0.39 is 0 Å². The fraction of sp³-hybridized carbons (Fsp3) is 0.304. The Morgan fingerprint density at radius 2 is 1.93 bits per heavy atom. The minimum Gasteiger partial charge on any atom is -0.343 e. The molecule has 1 aromatic heterocycles. The van der Waals surface area contributed by atoms with Crippen molar-refractivity contribution in [2.45, 2.75) is 33.9 Å². The number of carbonyl (C=O) groups excluding carboxylic acids is 1. The number of aromatic nitrogens is 2. The van der Waals surface area contributed by atoms with Crippen molar-refractivity contribution in [3.8, 4) is 0 Å². The number of nitrogens with one attached hydrogen (secondary N) is 1. The molecule has 1 aliphatic rings. The van der Waals surface area contributed by atoms with Crippen LogP contribution >= 0.6 is 0 Å². The van der Waals surface area contributed by atoms with Crippen molar-refractivity contribution in [3.05, 3.63) is 84.2 Å². The molecular weight excluding hydrogens is 362 g/mol. The monoisotopic (exact) mass is 395 g/mol. The Morgan fingerprint density at radius 3 is 2.48 bits per heavy atom. The highest BCUT2D eigenvalue weighted by Crippen LogP contribution is 2.24. The summed E-state index contributed by atoms with van der Waals surface area (Å²) in [6, 6.07) is 5.65. The van der Waals surface area contributed by atoms with Gasteiger partial charge in [0.1, 0.15) is 5.82 Å². The van der Waals surface area contributed by atoms with E-state index in [-0.39, 0.29) is 5.91 Å². The Morgan fingerprint density at radius 1 is 1.28 bits per heavy atom. The lowest BCUT2D eigenvalue weighted by molar-refractivity contribution is 0.0761. The zero-order valence-electron chi connectivity index (χ0n) is 18.0. The van der Waals surface area contributed by atoms with Crippen molar-refractivity contribution >= 4 is 11.7 Å². The Kier molecular flexibility index (Phi) is 9.62. The molecule has 0 aliphatic carbocycles. The molecule has 3 N–H and O–H groups in total. The first kappa shape index (κ1) is 23.9. The van der Waals surface area contributed by atoms with E-state index in [9.17, 15) is 4.79 Å². The predicted octanol–water partition coefficient (Wildman–Crippen LogP) is 4.15. The number of benzene rings is 1. The van der Waals surface area contributed by atoms with Gasteiger partial charge in [0.05, 0.1) is 19.3 Å². The molecule has 29 heavy (non-hydrogen) atoms. The van der Waals surface area contributed by atoms with Gasteiger partial charge in [0.25, 0.3) is 5.91 Å². The van der Waals surface area contributed by atoms with Crippen LogP contribution in [0.3, 0.4) is 0 Å². The van der Waals surface area contributed by atoms with Gasteiger partial charge < -0.3 is 16.0 Å². The van der Waals surface area contributed by atoms with Crippen molar-refractivity contribution in [3.63, 3.8) is 0 Å². The molecule has 156 valence electrons. The van der Waals surface area contributed by atoms with E-state index in [0.29, 0.717) is 25.2 Å². The Balaban J connectivity index is 0.000000627. The SMILES string of the molecule is C=C1CN(C(=O)c2ccc(CN)c(C)c2)Cc2cnn(C)c2N1.C=CC=C.CC. The number of carbonyl (C=O) groups is 1. The topological polar surface area (TPSA) is 76.2 Å². The van der Waals surface area contributed by atoms with Gasteiger partial charge in [-0.15, -0.1) is 0 Å². The molecule has 0 radical (unpaired) electrons. The van der Waals surface area contributed by atoms with Gasteiger partial charge in [0, 0.05) is 30.4 Å². The summed E-state index contributed by atoms with van der Waals surface area (Å²) in [5.41, 5.74) is 10.2. The van der Waals surface area contributed by atoms with Gasteiger partial charge in [0.15, 0.2) is 0 Å². The predicted molar refractivity (Wildman–Crippen MR) is 122 cm³/mol. The number of fused-ring (bicyclic) bond motifs is 1. The first-order valence-electron chi connectivity index (χ1n) is 9.69. The van der Waals surface area contributed by atoms with Gasteiger partial charge in [-0.05, 0) is 30.2 Å². The van der Waals surface area contributed by atoms with Crippen LogP contribution in [0.5, 0.6) is 0 Å². The van der Waals surface area contributed by atoms with Crippen LogP contribution in [0.25, 0.3) is 0 Å². The number of hydrogen-bond donors (Lipinski definition) is 2. The van der Waals surface area contributed by atoms with Crippen molar-refractivity contribution in [2.24, 2.45) is 12.8 Å². The largest absolute Gasteiger partial charge is 0.343 e. The van der Waals surface area contributed by atoms with Crippen molar-refractivity contribution in [1.82, 2.24) is 14.7 Å². The second kappa shape index (κ2) is 11.7. The van der Waals surface area contributed by atoms with E-state index >= 15 is 0 Å². The maximum absolute atomic E-state index is 12.9. The number of aryl methyl sites for hydroxylation is 2. The minimum atomic E-state index is -0.0173. The number of rotatable bonds is 3. The average molecular weight is 396 g/mol. The number of hydrogen-bond acceptors (Lipinski definition) is 4. The molecule has 0 atom stereocenters. The summed E-state index contributed by atoms with van der Waals surface area (Å²) < 4.78 is 1.76. The van der Waals surface area contributed by atoms with Gasteiger partial charge in [0.2, 0.25) is 0 Å². The molecule has 2 aromatic rings. The van der Waals surface area contributed by atoms with E-state index in [1.54, 1.807) is 27.9 Å². The lowest BCUT2D eigenvalue weighted by Crippen LogP contribution is -2.31. The molecule has 0 saturated carbocycles. The highest BCUT2D eigenvalue weighted by Gasteiger charge is 2.24. The molecule has 0 unspecified atom stereocenters. The molecule has 1 amide bonds. The number of allylic oxidation sites excluding steroid dienone is 2. The van der Waals surface area contributed by atoms with Crippen LogP contribution in [0.2, 0.25) is 0 Å². The van der Waals surface area contributed by atoms with Crippen LogP contribution in [-0.4, -0.2) is 27.1 Å². The van der Waals surface area contributed by atoms with Gasteiger partial charge in [-0.1, -0.05) is 51.8 Å². The standard InChI is InChI=1S/C17H21N5O.C4H6.C2H6/c1-11-6-13(4-5-14(11)7-18)17(23)22-9-12(2)20-16-15(10-22)8-19-21(16)3;1-3-4-2;1-2/h4-6,8,20H,2,7,9-10,18H2,1,3H3;3-4H,1-2H2;1-2H3. The number of anilines is 1. The fourth-order valence-electron chi connectivity index (χ4n) is 2.84. The van der Waals surface area contributed by atoms with E-state index in [0.717, 1.165) is 28.2 Å². The molecule has 1 aromatic carbocycles. The smallest absolute Gasteiger partial charge is 0.254 e. The number of nitrogens with zero attached hydrogens (tertiary/aromatic N) is 3. The second-order valence-corrected chi connectivity index (χ2v) is 6.35. The Hall–Kier alpha value is -3.12. The molecule has 0 fully saturated rings. The summed E-state index contributed by atoms with van der Waals surface area (Å²) in [6.45, 7) is 18.1. The Labute approximate surface area is 174 Å². The third-order valence-electron chi connectivity index (χ3n) is 4.32. The summed E-state index contributed by atoms with van der Waals surface area (Å²) in [5, 5.41) is 7.47. The lowest BCUT2D eigenvalue weighted by Gasteiger charge is -2.21. The second-order valence-electron chi connectivity index (χ2n) is 6.35. The van der Waals surface area contributed by atoms with Gasteiger partial charge >= 0.3 is 0 Å². The number of amides is 1. The molecule has 6 nitrogen and oxygen atoms in total. The molecule has 2 heterocycles. The van der Waals surface area contributed by atoms with Crippen molar-refractivity contribution < 1.29 is 4.79 Å². The summed E-state index contributed by atoms with van der Waals surface area (Å²) >= 11 is 0. The van der Waals surface area contributed by atoms with Crippen LogP contribution in [0.1, 0.15) is 40.9 Å². The molecule has 3 rings (SSSR count). The third-order valence-corrected chi connectivity index (χ3v) is 4.32.